The van der Waals surface area contributed by atoms with Crippen LogP contribution in [0.3, 0.4) is 0 Å². The van der Waals surface area contributed by atoms with Crippen LogP contribution in [0, 0.1) is 6.92 Å². The fourth-order valence-electron chi connectivity index (χ4n) is 4.36. The monoisotopic (exact) mass is 509 g/mol. The summed E-state index contributed by atoms with van der Waals surface area (Å²) in [5, 5.41) is 3.72. The van der Waals surface area contributed by atoms with Crippen LogP contribution in [-0.4, -0.2) is 58.0 Å². The lowest BCUT2D eigenvalue weighted by Gasteiger charge is -2.34. The van der Waals surface area contributed by atoms with Gasteiger partial charge in [-0.25, -0.2) is 9.78 Å². The van der Waals surface area contributed by atoms with Crippen LogP contribution >= 0.6 is 22.9 Å². The number of amides is 2. The maximum atomic E-state index is 12.9. The second-order valence-electron chi connectivity index (χ2n) is 8.53. The Labute approximate surface area is 213 Å². The van der Waals surface area contributed by atoms with Crippen LogP contribution in [0.2, 0.25) is 5.02 Å². The number of benzene rings is 2. The number of aromatic nitrogens is 2. The molecule has 4 aromatic rings. The van der Waals surface area contributed by atoms with Gasteiger partial charge < -0.3 is 15.0 Å². The molecule has 1 fully saturated rings. The molecule has 1 saturated heterocycles. The Morgan fingerprint density at radius 1 is 1.11 bits per heavy atom. The molecule has 2 aromatic carbocycles. The van der Waals surface area contributed by atoms with E-state index in [4.69, 9.17) is 21.3 Å². The van der Waals surface area contributed by atoms with E-state index >= 15 is 0 Å². The number of piperazine rings is 1. The van der Waals surface area contributed by atoms with Gasteiger partial charge in [-0.1, -0.05) is 35.9 Å². The second-order valence-corrected chi connectivity index (χ2v) is 10.2. The lowest BCUT2D eigenvalue weighted by atomic mass is 10.1. The Kier molecular flexibility index (Phi) is 6.95. The van der Waals surface area contributed by atoms with E-state index in [1.165, 1.54) is 4.88 Å². The number of thiazole rings is 1. The number of aryl methyl sites for hydroxylation is 1. The van der Waals surface area contributed by atoms with E-state index in [1.807, 2.05) is 60.4 Å². The van der Waals surface area contributed by atoms with E-state index in [2.05, 4.69) is 27.7 Å². The lowest BCUT2D eigenvalue weighted by Crippen LogP contribution is -2.49. The third kappa shape index (κ3) is 5.15. The van der Waals surface area contributed by atoms with Gasteiger partial charge in [0.2, 0.25) is 0 Å². The fraction of sp³-hybridized carbons (Fsp3) is 0.308. The maximum Gasteiger partial charge on any atom is 0.322 e. The third-order valence-electron chi connectivity index (χ3n) is 6.12. The van der Waals surface area contributed by atoms with Gasteiger partial charge in [0.1, 0.15) is 5.75 Å². The first-order valence-electron chi connectivity index (χ1n) is 11.7. The van der Waals surface area contributed by atoms with Crippen molar-refractivity contribution in [1.82, 2.24) is 19.2 Å². The summed E-state index contributed by atoms with van der Waals surface area (Å²) in [5.41, 5.74) is 3.91. The molecule has 2 aromatic heterocycles. The van der Waals surface area contributed by atoms with Gasteiger partial charge >= 0.3 is 6.03 Å². The number of hydrogen-bond donors (Lipinski definition) is 1. The van der Waals surface area contributed by atoms with E-state index in [1.54, 1.807) is 11.3 Å². The number of rotatable bonds is 6. The molecule has 2 amide bonds. The van der Waals surface area contributed by atoms with Crippen molar-refractivity contribution in [3.8, 4) is 17.0 Å². The Hall–Kier alpha value is -3.07. The molecule has 7 nitrogen and oxygen atoms in total. The van der Waals surface area contributed by atoms with Crippen molar-refractivity contribution in [2.45, 2.75) is 20.4 Å². The van der Waals surface area contributed by atoms with Crippen molar-refractivity contribution in [3.05, 3.63) is 70.3 Å². The molecule has 0 spiro atoms. The molecule has 1 N–H and O–H groups in total. The number of ether oxygens (including phenoxy) is 1. The van der Waals surface area contributed by atoms with Crippen LogP contribution in [0.15, 0.2) is 54.7 Å². The molecule has 182 valence electrons. The predicted octanol–water partition coefficient (Wildman–Crippen LogP) is 5.77. The molecule has 9 heteroatoms. The summed E-state index contributed by atoms with van der Waals surface area (Å²) in [6.07, 6.45) is 2.15. The van der Waals surface area contributed by atoms with Gasteiger partial charge in [0.25, 0.3) is 0 Å². The van der Waals surface area contributed by atoms with Gasteiger partial charge in [-0.05, 0) is 38.1 Å². The van der Waals surface area contributed by atoms with Crippen molar-refractivity contribution < 1.29 is 9.53 Å². The maximum absolute atomic E-state index is 12.9. The highest BCUT2D eigenvalue weighted by Gasteiger charge is 2.25. The summed E-state index contributed by atoms with van der Waals surface area (Å²) < 4.78 is 7.84. The zero-order valence-electron chi connectivity index (χ0n) is 19.8. The van der Waals surface area contributed by atoms with E-state index in [0.29, 0.717) is 36.2 Å². The van der Waals surface area contributed by atoms with Crippen molar-refractivity contribution in [2.24, 2.45) is 0 Å². The van der Waals surface area contributed by atoms with Crippen LogP contribution in [0.4, 0.5) is 10.5 Å². The number of fused-ring (bicyclic) bond motifs is 1. The van der Waals surface area contributed by atoms with Crippen LogP contribution < -0.4 is 10.1 Å². The number of nitrogens with one attached hydrogen (secondary N) is 1. The molecule has 0 aliphatic carbocycles. The number of imidazole rings is 1. The summed E-state index contributed by atoms with van der Waals surface area (Å²) in [5.74, 6) is 0.688. The molecule has 1 aliphatic rings. The minimum Gasteiger partial charge on any atom is -0.492 e. The zero-order chi connectivity index (χ0) is 24.4. The summed E-state index contributed by atoms with van der Waals surface area (Å²) >= 11 is 7.80. The first-order chi connectivity index (χ1) is 17.0. The summed E-state index contributed by atoms with van der Waals surface area (Å²) in [4.78, 5) is 24.3. The fourth-order valence-corrected chi connectivity index (χ4v) is 5.33. The van der Waals surface area contributed by atoms with E-state index in [0.717, 1.165) is 41.5 Å². The van der Waals surface area contributed by atoms with Gasteiger partial charge in [-0.3, -0.25) is 9.30 Å². The number of nitrogens with zero attached hydrogens (tertiary/aromatic N) is 4. The number of carbonyl (C=O) groups is 1. The number of carbonyl (C=O) groups excluding carboxylic acids is 1. The molecule has 5 rings (SSSR count). The molecule has 1 aliphatic heterocycles. The molecule has 3 heterocycles. The van der Waals surface area contributed by atoms with Gasteiger partial charge in [-0.2, -0.15) is 0 Å². The zero-order valence-corrected chi connectivity index (χ0v) is 21.4. The first-order valence-corrected chi connectivity index (χ1v) is 12.9. The molecule has 0 atom stereocenters. The highest BCUT2D eigenvalue weighted by molar-refractivity contribution is 7.17. The van der Waals surface area contributed by atoms with Crippen molar-refractivity contribution in [2.75, 3.05) is 38.1 Å². The van der Waals surface area contributed by atoms with Crippen molar-refractivity contribution in [3.63, 3.8) is 0 Å². The highest BCUT2D eigenvalue weighted by Crippen LogP contribution is 2.30. The number of para-hydroxylation sites is 2. The third-order valence-corrected chi connectivity index (χ3v) is 7.27. The van der Waals surface area contributed by atoms with Crippen LogP contribution in [-0.2, 0) is 6.54 Å². The number of urea groups is 1. The Morgan fingerprint density at radius 2 is 1.86 bits per heavy atom. The molecular formula is C26H28ClN5O2S. The topological polar surface area (TPSA) is 62.1 Å². The minimum atomic E-state index is -0.0983. The number of halogens is 1. The normalized spacial score (nSPS) is 14.4. The van der Waals surface area contributed by atoms with Gasteiger partial charge in [0.05, 0.1) is 23.7 Å². The SMILES string of the molecule is CCOc1ccccc1NC(=O)N1CCN(Cc2c(-c3ccc(Cl)cc3)nc3sc(C)cn23)CC1. The minimum absolute atomic E-state index is 0.0983. The molecule has 0 bridgehead atoms. The smallest absolute Gasteiger partial charge is 0.322 e. The molecule has 35 heavy (non-hydrogen) atoms. The summed E-state index contributed by atoms with van der Waals surface area (Å²) in [6.45, 7) is 8.24. The summed E-state index contributed by atoms with van der Waals surface area (Å²) in [6, 6.07) is 15.3. The van der Waals surface area contributed by atoms with Gasteiger partial charge in [0.15, 0.2) is 4.96 Å². The summed E-state index contributed by atoms with van der Waals surface area (Å²) in [7, 11) is 0. The molecule has 0 saturated carbocycles. The molecular weight excluding hydrogens is 482 g/mol. The second kappa shape index (κ2) is 10.3. The first kappa shape index (κ1) is 23.7. The van der Waals surface area contributed by atoms with Crippen molar-refractivity contribution in [1.29, 1.82) is 0 Å². The average molecular weight is 510 g/mol. The Balaban J connectivity index is 1.28. The van der Waals surface area contributed by atoms with E-state index < -0.39 is 0 Å². The van der Waals surface area contributed by atoms with Crippen molar-refractivity contribution >= 4 is 39.6 Å². The average Bonchev–Trinajstić information content (AvgIpc) is 3.38. The number of anilines is 1. The molecule has 0 unspecified atom stereocenters. The van der Waals surface area contributed by atoms with Gasteiger partial charge in [-0.15, -0.1) is 11.3 Å². The molecule has 0 radical (unpaired) electrons. The highest BCUT2D eigenvalue weighted by atomic mass is 35.5. The standard InChI is InChI=1S/C26H28ClN5O2S/c1-3-34-23-7-5-4-6-21(23)28-25(33)31-14-12-30(13-15-31)17-22-24(19-8-10-20(27)11-9-19)29-26-32(22)16-18(2)35-26/h4-11,16H,3,12-15,17H2,1-2H3,(H,28,33). The van der Waals surface area contributed by atoms with Gasteiger partial charge in [0, 0.05) is 54.4 Å². The number of hydrogen-bond acceptors (Lipinski definition) is 5. The van der Waals surface area contributed by atoms with E-state index in [9.17, 15) is 4.79 Å². The van der Waals surface area contributed by atoms with Crippen LogP contribution in [0.5, 0.6) is 5.75 Å². The lowest BCUT2D eigenvalue weighted by molar-refractivity contribution is 0.142. The van der Waals surface area contributed by atoms with Crippen LogP contribution in [0.25, 0.3) is 16.2 Å². The Morgan fingerprint density at radius 3 is 2.60 bits per heavy atom. The van der Waals surface area contributed by atoms with E-state index in [-0.39, 0.29) is 6.03 Å². The van der Waals surface area contributed by atoms with Crippen LogP contribution in [0.1, 0.15) is 17.5 Å². The quantitative estimate of drug-likeness (QED) is 0.358. The largest absolute Gasteiger partial charge is 0.492 e. The Bertz CT molecular complexity index is 1330. The predicted molar refractivity (Wildman–Crippen MR) is 142 cm³/mol.